The van der Waals surface area contributed by atoms with Crippen LogP contribution in [-0.2, 0) is 9.59 Å². The molecule has 2 aromatic carbocycles. The summed E-state index contributed by atoms with van der Waals surface area (Å²) in [6.07, 6.45) is 0. The van der Waals surface area contributed by atoms with Gasteiger partial charge in [0, 0.05) is 39.0 Å². The number of rotatable bonds is 4. The van der Waals surface area contributed by atoms with Crippen molar-refractivity contribution in [2.75, 3.05) is 33.8 Å². The minimum Gasteiger partial charge on any atom is -0.394 e. The van der Waals surface area contributed by atoms with Crippen LogP contribution in [0, 0.1) is 0 Å². The number of nitrogens with zero attached hydrogens (tertiary/aromatic N) is 3. The second-order valence-corrected chi connectivity index (χ2v) is 8.44. The third-order valence-corrected chi connectivity index (χ3v) is 6.36. The first-order chi connectivity index (χ1) is 14.8. The van der Waals surface area contributed by atoms with E-state index in [0.717, 1.165) is 16.7 Å². The Morgan fingerprint density at radius 1 is 1.03 bits per heavy atom. The van der Waals surface area contributed by atoms with E-state index in [-0.39, 0.29) is 48.9 Å². The van der Waals surface area contributed by atoms with Crippen LogP contribution >= 0.6 is 0 Å². The van der Waals surface area contributed by atoms with Crippen LogP contribution in [0.25, 0.3) is 11.1 Å². The number of amides is 3. The third-order valence-electron chi connectivity index (χ3n) is 6.36. The zero-order chi connectivity index (χ0) is 22.3. The molecule has 2 aliphatic rings. The second-order valence-electron chi connectivity index (χ2n) is 8.44. The average molecular weight is 421 g/mol. The van der Waals surface area contributed by atoms with E-state index >= 15 is 0 Å². The summed E-state index contributed by atoms with van der Waals surface area (Å²) in [4.78, 5) is 41.2. The zero-order valence-electron chi connectivity index (χ0n) is 18.0. The zero-order valence-corrected chi connectivity index (χ0v) is 18.0. The predicted molar refractivity (Wildman–Crippen MR) is 116 cm³/mol. The lowest BCUT2D eigenvalue weighted by atomic mass is 9.73. The van der Waals surface area contributed by atoms with Gasteiger partial charge in [0.1, 0.15) is 0 Å². The lowest BCUT2D eigenvalue weighted by Crippen LogP contribution is -2.73. The van der Waals surface area contributed by atoms with E-state index < -0.39 is 0 Å². The first-order valence-electron chi connectivity index (χ1n) is 10.4. The molecule has 3 amide bonds. The van der Waals surface area contributed by atoms with E-state index in [9.17, 15) is 19.5 Å². The molecule has 2 aliphatic heterocycles. The number of aliphatic hydroxyl groups excluding tert-OH is 1. The fourth-order valence-electron chi connectivity index (χ4n) is 4.70. The van der Waals surface area contributed by atoms with E-state index in [1.54, 1.807) is 28.8 Å². The minimum absolute atomic E-state index is 0.00904. The Balaban J connectivity index is 1.54. The Kier molecular flexibility index (Phi) is 5.54. The van der Waals surface area contributed by atoms with Gasteiger partial charge in [0.05, 0.1) is 25.2 Å². The van der Waals surface area contributed by atoms with Gasteiger partial charge in [0.2, 0.25) is 11.8 Å². The highest BCUT2D eigenvalue weighted by atomic mass is 16.3. The molecule has 31 heavy (non-hydrogen) atoms. The average Bonchev–Trinajstić information content (AvgIpc) is 2.75. The second kappa shape index (κ2) is 8.15. The molecule has 0 radical (unpaired) electrons. The molecule has 3 atom stereocenters. The van der Waals surface area contributed by atoms with E-state index in [1.165, 1.54) is 6.92 Å². The molecule has 2 aromatic rings. The topological polar surface area (TPSA) is 81.2 Å². The highest BCUT2D eigenvalue weighted by molar-refractivity contribution is 5.94. The Morgan fingerprint density at radius 3 is 2.13 bits per heavy atom. The summed E-state index contributed by atoms with van der Waals surface area (Å²) in [7, 11) is 3.46. The van der Waals surface area contributed by atoms with Gasteiger partial charge in [-0.1, -0.05) is 36.4 Å². The van der Waals surface area contributed by atoms with Crippen molar-refractivity contribution < 1.29 is 19.5 Å². The minimum atomic E-state index is -0.256. The van der Waals surface area contributed by atoms with Crippen molar-refractivity contribution >= 4 is 17.7 Å². The maximum Gasteiger partial charge on any atom is 0.253 e. The fraction of sp³-hybridized carbons (Fsp3) is 0.375. The number of hydrogen-bond donors (Lipinski definition) is 1. The Morgan fingerprint density at radius 2 is 1.61 bits per heavy atom. The highest BCUT2D eigenvalue weighted by Crippen LogP contribution is 2.43. The van der Waals surface area contributed by atoms with Crippen molar-refractivity contribution in [2.45, 2.75) is 24.9 Å². The summed E-state index contributed by atoms with van der Waals surface area (Å²) < 4.78 is 0. The third kappa shape index (κ3) is 3.70. The van der Waals surface area contributed by atoms with Crippen LogP contribution < -0.4 is 0 Å². The van der Waals surface area contributed by atoms with E-state index in [2.05, 4.69) is 0 Å². The number of carbonyl (C=O) groups is 3. The number of fused-ring (bicyclic) bond motifs is 1. The standard InChI is InChI=1S/C24H27N3O4/c1-15(29)26-12-20-23(21(14-28)27(20)22(30)13-26)18-8-4-16(5-9-18)17-6-10-19(11-7-17)24(31)25(2)3/h4-11,20-21,23,28H,12-14H2,1-3H3/t20-,21-,23+/m1/s1. The summed E-state index contributed by atoms with van der Waals surface area (Å²) in [6.45, 7) is 1.95. The van der Waals surface area contributed by atoms with Crippen molar-refractivity contribution in [3.8, 4) is 11.1 Å². The van der Waals surface area contributed by atoms with Crippen LogP contribution in [0.3, 0.4) is 0 Å². The molecule has 0 aliphatic carbocycles. The predicted octanol–water partition coefficient (Wildman–Crippen LogP) is 1.57. The van der Waals surface area contributed by atoms with Crippen LogP contribution in [0.4, 0.5) is 0 Å². The van der Waals surface area contributed by atoms with Gasteiger partial charge in [-0.15, -0.1) is 0 Å². The largest absolute Gasteiger partial charge is 0.394 e. The van der Waals surface area contributed by atoms with Crippen LogP contribution in [0.15, 0.2) is 48.5 Å². The molecule has 2 fully saturated rings. The number of hydrogen-bond acceptors (Lipinski definition) is 4. The Bertz CT molecular complexity index is 1000. The van der Waals surface area contributed by atoms with Gasteiger partial charge in [0.25, 0.3) is 5.91 Å². The van der Waals surface area contributed by atoms with Crippen molar-refractivity contribution in [2.24, 2.45) is 0 Å². The van der Waals surface area contributed by atoms with Crippen LogP contribution in [-0.4, -0.2) is 83.4 Å². The molecule has 7 nitrogen and oxygen atoms in total. The molecular weight excluding hydrogens is 394 g/mol. The SMILES string of the molecule is CC(=O)N1CC(=O)N2[C@H](CO)[C@@H](c3ccc(-c4ccc(C(=O)N(C)C)cc4)cc3)[C@H]2C1. The molecule has 2 saturated heterocycles. The number of carbonyl (C=O) groups excluding carboxylic acids is 3. The monoisotopic (exact) mass is 421 g/mol. The molecule has 7 heteroatoms. The molecule has 162 valence electrons. The Hall–Kier alpha value is -3.19. The van der Waals surface area contributed by atoms with Crippen LogP contribution in [0.5, 0.6) is 0 Å². The van der Waals surface area contributed by atoms with Crippen molar-refractivity contribution in [3.05, 3.63) is 59.7 Å². The van der Waals surface area contributed by atoms with Gasteiger partial charge in [-0.05, 0) is 28.8 Å². The summed E-state index contributed by atoms with van der Waals surface area (Å²) >= 11 is 0. The molecule has 2 heterocycles. The van der Waals surface area contributed by atoms with Gasteiger partial charge in [-0.25, -0.2) is 0 Å². The summed E-state index contributed by atoms with van der Waals surface area (Å²) in [5, 5.41) is 9.89. The number of benzene rings is 2. The summed E-state index contributed by atoms with van der Waals surface area (Å²) in [6, 6.07) is 15.2. The maximum atomic E-state index is 12.5. The molecule has 0 saturated carbocycles. The van der Waals surface area contributed by atoms with E-state index in [0.29, 0.717) is 12.1 Å². The van der Waals surface area contributed by atoms with E-state index in [4.69, 9.17) is 0 Å². The summed E-state index contributed by atoms with van der Waals surface area (Å²) in [5.41, 5.74) is 3.71. The molecule has 4 rings (SSSR count). The van der Waals surface area contributed by atoms with Crippen LogP contribution in [0.2, 0.25) is 0 Å². The van der Waals surface area contributed by atoms with Gasteiger partial charge < -0.3 is 19.8 Å². The number of aliphatic hydroxyl groups is 1. The van der Waals surface area contributed by atoms with Crippen molar-refractivity contribution in [3.63, 3.8) is 0 Å². The lowest BCUT2D eigenvalue weighted by Gasteiger charge is -2.58. The van der Waals surface area contributed by atoms with Crippen LogP contribution in [0.1, 0.15) is 28.8 Å². The van der Waals surface area contributed by atoms with Gasteiger partial charge in [-0.2, -0.15) is 0 Å². The Labute approximate surface area is 181 Å². The fourth-order valence-corrected chi connectivity index (χ4v) is 4.70. The van der Waals surface area contributed by atoms with Gasteiger partial charge in [-0.3, -0.25) is 14.4 Å². The summed E-state index contributed by atoms with van der Waals surface area (Å²) in [5.74, 6) is -0.255. The quantitative estimate of drug-likeness (QED) is 0.813. The van der Waals surface area contributed by atoms with Gasteiger partial charge in [0.15, 0.2) is 0 Å². The normalized spacial score (nSPS) is 22.6. The molecule has 0 unspecified atom stereocenters. The first-order valence-corrected chi connectivity index (χ1v) is 10.4. The molecule has 0 aromatic heterocycles. The highest BCUT2D eigenvalue weighted by Gasteiger charge is 2.54. The van der Waals surface area contributed by atoms with Gasteiger partial charge >= 0.3 is 0 Å². The van der Waals surface area contributed by atoms with Crippen molar-refractivity contribution in [1.29, 1.82) is 0 Å². The smallest absolute Gasteiger partial charge is 0.253 e. The van der Waals surface area contributed by atoms with Crippen molar-refractivity contribution in [1.82, 2.24) is 14.7 Å². The number of piperazine rings is 1. The molecule has 0 spiro atoms. The first kappa shape index (κ1) is 21.1. The maximum absolute atomic E-state index is 12.5. The molecule has 0 bridgehead atoms. The van der Waals surface area contributed by atoms with E-state index in [1.807, 2.05) is 48.5 Å². The lowest BCUT2D eigenvalue weighted by molar-refractivity contribution is -0.166. The molecular formula is C24H27N3O4. The molecule has 1 N–H and O–H groups in total.